The molecule has 1 amide bonds. The Morgan fingerprint density at radius 3 is 2.60 bits per heavy atom. The van der Waals surface area contributed by atoms with Crippen molar-refractivity contribution in [2.45, 2.75) is 24.6 Å². The molecule has 8 heteroatoms. The molecule has 2 heterocycles. The van der Waals surface area contributed by atoms with Crippen LogP contribution in [0, 0.1) is 21.6 Å². The molecule has 1 fully saturated rings. The topological polar surface area (TPSA) is 38.1 Å². The van der Waals surface area contributed by atoms with Crippen molar-refractivity contribution >= 4 is 41.2 Å². The average molecular weight is 398 g/mol. The summed E-state index contributed by atoms with van der Waals surface area (Å²) in [5.74, 6) is 1.33. The molecule has 4 nitrogen and oxygen atoms in total. The minimum Gasteiger partial charge on any atom is -0.341 e. The maximum atomic E-state index is 13.1. The number of halogens is 1. The van der Waals surface area contributed by atoms with Crippen LogP contribution in [0.25, 0.3) is 5.69 Å². The van der Waals surface area contributed by atoms with E-state index in [4.69, 9.17) is 12.2 Å². The summed E-state index contributed by atoms with van der Waals surface area (Å²) in [6.45, 7) is 6.06. The summed E-state index contributed by atoms with van der Waals surface area (Å²) in [4.78, 5) is 14.4. The second kappa shape index (κ2) is 7.97. The Morgan fingerprint density at radius 1 is 1.32 bits per heavy atom. The number of likely N-dealkylation sites (tertiary alicyclic amines) is 1. The first-order valence-corrected chi connectivity index (χ1v) is 10.4. The van der Waals surface area contributed by atoms with Gasteiger partial charge in [-0.15, -0.1) is 5.10 Å². The molecule has 0 spiro atoms. The summed E-state index contributed by atoms with van der Waals surface area (Å²) >= 11 is 8.12. The van der Waals surface area contributed by atoms with E-state index in [1.54, 1.807) is 16.8 Å². The van der Waals surface area contributed by atoms with Crippen molar-refractivity contribution in [3.63, 3.8) is 0 Å². The predicted octanol–water partition coefficient (Wildman–Crippen LogP) is 4.40. The van der Waals surface area contributed by atoms with Gasteiger partial charge in [-0.25, -0.2) is 9.07 Å². The van der Waals surface area contributed by atoms with Crippen molar-refractivity contribution in [3.05, 3.63) is 34.0 Å². The molecule has 0 unspecified atom stereocenters. The zero-order valence-electron chi connectivity index (χ0n) is 14.1. The number of nitrogens with zero attached hydrogens (tertiary/aromatic N) is 3. The number of hydrogen-bond acceptors (Lipinski definition) is 5. The third-order valence-electron chi connectivity index (χ3n) is 4.14. The lowest BCUT2D eigenvalue weighted by Gasteiger charge is -2.34. The highest BCUT2D eigenvalue weighted by atomic mass is 32.2. The van der Waals surface area contributed by atoms with Crippen LogP contribution in [0.15, 0.2) is 28.6 Å². The van der Waals surface area contributed by atoms with Crippen LogP contribution in [-0.4, -0.2) is 39.4 Å². The molecule has 1 aromatic carbocycles. The summed E-state index contributed by atoms with van der Waals surface area (Å²) in [7, 11) is 0. The highest BCUT2D eigenvalue weighted by Gasteiger charge is 2.25. The van der Waals surface area contributed by atoms with E-state index < -0.39 is 0 Å². The standard InChI is InChI=1S/C17H20FN3OS3/c1-11-7-12(2)9-20(8-11)15(22)10-24-16-19-21(17(23)25-16)14-5-3-13(18)4-6-14/h3-6,11-12H,7-10H2,1-2H3/t11-,12+. The van der Waals surface area contributed by atoms with E-state index >= 15 is 0 Å². The number of carbonyl (C=O) groups is 1. The number of amides is 1. The van der Waals surface area contributed by atoms with Gasteiger partial charge in [-0.1, -0.05) is 36.9 Å². The first kappa shape index (κ1) is 18.5. The van der Waals surface area contributed by atoms with E-state index in [1.165, 1.54) is 41.7 Å². The molecule has 1 aliphatic rings. The highest BCUT2D eigenvalue weighted by Crippen LogP contribution is 2.26. The van der Waals surface area contributed by atoms with Crippen LogP contribution in [0.4, 0.5) is 4.39 Å². The van der Waals surface area contributed by atoms with Crippen molar-refractivity contribution in [3.8, 4) is 5.69 Å². The van der Waals surface area contributed by atoms with Crippen LogP contribution in [0.5, 0.6) is 0 Å². The Bertz CT molecular complexity index is 792. The van der Waals surface area contributed by atoms with Crippen molar-refractivity contribution < 1.29 is 9.18 Å². The van der Waals surface area contributed by atoms with E-state index in [2.05, 4.69) is 18.9 Å². The molecule has 0 radical (unpaired) electrons. The largest absolute Gasteiger partial charge is 0.341 e. The Balaban J connectivity index is 1.64. The van der Waals surface area contributed by atoms with E-state index in [0.29, 0.717) is 21.5 Å². The number of piperidine rings is 1. The summed E-state index contributed by atoms with van der Waals surface area (Å²) < 4.78 is 16.0. The quantitative estimate of drug-likeness (QED) is 0.566. The molecule has 0 aliphatic carbocycles. The molecule has 1 aromatic heterocycles. The molecule has 0 N–H and O–H groups in total. The maximum Gasteiger partial charge on any atom is 0.233 e. The number of carbonyl (C=O) groups excluding carboxylic acids is 1. The van der Waals surface area contributed by atoms with Gasteiger partial charge in [0.05, 0.1) is 11.4 Å². The van der Waals surface area contributed by atoms with Gasteiger partial charge in [-0.2, -0.15) is 0 Å². The Kier molecular flexibility index (Phi) is 5.91. The molecule has 1 saturated heterocycles. The summed E-state index contributed by atoms with van der Waals surface area (Å²) in [5.41, 5.74) is 0.722. The van der Waals surface area contributed by atoms with Crippen molar-refractivity contribution in [2.24, 2.45) is 11.8 Å². The van der Waals surface area contributed by atoms with Crippen LogP contribution in [0.3, 0.4) is 0 Å². The van der Waals surface area contributed by atoms with Crippen LogP contribution in [-0.2, 0) is 4.79 Å². The molecule has 0 bridgehead atoms. The first-order valence-electron chi connectivity index (χ1n) is 8.19. The van der Waals surface area contributed by atoms with Gasteiger partial charge >= 0.3 is 0 Å². The van der Waals surface area contributed by atoms with Gasteiger partial charge in [0.25, 0.3) is 0 Å². The highest BCUT2D eigenvalue weighted by molar-refractivity contribution is 8.01. The number of hydrogen-bond donors (Lipinski definition) is 0. The molecule has 2 aromatic rings. The smallest absolute Gasteiger partial charge is 0.233 e. The number of benzene rings is 1. The van der Waals surface area contributed by atoms with Crippen LogP contribution in [0.1, 0.15) is 20.3 Å². The van der Waals surface area contributed by atoms with Crippen molar-refractivity contribution in [1.82, 2.24) is 14.7 Å². The van der Waals surface area contributed by atoms with Gasteiger partial charge in [-0.3, -0.25) is 4.79 Å². The van der Waals surface area contributed by atoms with Gasteiger partial charge in [-0.05, 0) is 54.7 Å². The number of rotatable bonds is 4. The Hall–Kier alpha value is -1.25. The molecule has 1 aliphatic heterocycles. The lowest BCUT2D eigenvalue weighted by atomic mass is 9.92. The Labute approximate surface area is 160 Å². The van der Waals surface area contributed by atoms with Crippen LogP contribution >= 0.6 is 35.3 Å². The van der Waals surface area contributed by atoms with Gasteiger partial charge in [0.15, 0.2) is 8.29 Å². The SMILES string of the molecule is C[C@@H]1C[C@H](C)CN(C(=O)CSc2nn(-c3ccc(F)cc3)c(=S)s2)C1. The summed E-state index contributed by atoms with van der Waals surface area (Å²) in [5, 5.41) is 4.46. The molecular formula is C17H20FN3OS3. The number of thioether (sulfide) groups is 1. The molecular weight excluding hydrogens is 377 g/mol. The lowest BCUT2D eigenvalue weighted by Crippen LogP contribution is -2.43. The Morgan fingerprint density at radius 2 is 1.96 bits per heavy atom. The van der Waals surface area contributed by atoms with Gasteiger partial charge in [0, 0.05) is 13.1 Å². The third kappa shape index (κ3) is 4.68. The normalized spacial score (nSPS) is 20.7. The summed E-state index contributed by atoms with van der Waals surface area (Å²) in [6, 6.07) is 6.04. The molecule has 25 heavy (non-hydrogen) atoms. The summed E-state index contributed by atoms with van der Waals surface area (Å²) in [6.07, 6.45) is 1.18. The fourth-order valence-electron chi connectivity index (χ4n) is 3.15. The van der Waals surface area contributed by atoms with E-state index in [0.717, 1.165) is 23.1 Å². The zero-order valence-corrected chi connectivity index (χ0v) is 16.6. The second-order valence-electron chi connectivity index (χ2n) is 6.56. The fourth-order valence-corrected chi connectivity index (χ4v) is 5.41. The zero-order chi connectivity index (χ0) is 18.0. The predicted molar refractivity (Wildman–Crippen MR) is 102 cm³/mol. The molecule has 2 atom stereocenters. The fraction of sp³-hybridized carbons (Fsp3) is 0.471. The van der Waals surface area contributed by atoms with Crippen LogP contribution < -0.4 is 0 Å². The van der Waals surface area contributed by atoms with Crippen molar-refractivity contribution in [2.75, 3.05) is 18.8 Å². The monoisotopic (exact) mass is 397 g/mol. The number of aromatic nitrogens is 2. The molecule has 3 rings (SSSR count). The molecule has 134 valence electrons. The third-order valence-corrected chi connectivity index (χ3v) is 6.49. The van der Waals surface area contributed by atoms with Gasteiger partial charge in [0.2, 0.25) is 5.91 Å². The van der Waals surface area contributed by atoms with Gasteiger partial charge in [0.1, 0.15) is 5.82 Å². The van der Waals surface area contributed by atoms with E-state index in [-0.39, 0.29) is 11.7 Å². The van der Waals surface area contributed by atoms with E-state index in [1.807, 2.05) is 4.90 Å². The second-order valence-corrected chi connectivity index (χ2v) is 9.40. The van der Waals surface area contributed by atoms with Crippen LogP contribution in [0.2, 0.25) is 0 Å². The minimum absolute atomic E-state index is 0.151. The average Bonchev–Trinajstić information content (AvgIpc) is 2.93. The molecule has 0 saturated carbocycles. The maximum absolute atomic E-state index is 13.1. The minimum atomic E-state index is -0.296. The van der Waals surface area contributed by atoms with Gasteiger partial charge < -0.3 is 4.90 Å². The first-order chi connectivity index (χ1) is 11.9. The van der Waals surface area contributed by atoms with E-state index in [9.17, 15) is 9.18 Å². The van der Waals surface area contributed by atoms with Crippen molar-refractivity contribution in [1.29, 1.82) is 0 Å². The lowest BCUT2D eigenvalue weighted by molar-refractivity contribution is -0.130.